The number of esters is 2. The van der Waals surface area contributed by atoms with Crippen LogP contribution in [0.3, 0.4) is 0 Å². The average molecular weight is 644 g/mol. The Bertz CT molecular complexity index is 1690. The van der Waals surface area contributed by atoms with Crippen molar-refractivity contribution in [2.45, 2.75) is 52.0 Å². The van der Waals surface area contributed by atoms with Gasteiger partial charge in [-0.25, -0.2) is 34.3 Å². The number of pyridine rings is 1. The largest absolute Gasteiger partial charge is 0.464 e. The highest BCUT2D eigenvalue weighted by Crippen LogP contribution is 2.41. The van der Waals surface area contributed by atoms with Gasteiger partial charge in [-0.2, -0.15) is 0 Å². The first-order valence-electron chi connectivity index (χ1n) is 13.0. The van der Waals surface area contributed by atoms with E-state index in [0.29, 0.717) is 37.7 Å². The zero-order valence-corrected chi connectivity index (χ0v) is 26.9. The van der Waals surface area contributed by atoms with Gasteiger partial charge in [0.1, 0.15) is 43.8 Å². The number of thiazole rings is 3. The van der Waals surface area contributed by atoms with Crippen LogP contribution in [0, 0.1) is 0 Å². The molecule has 15 heteroatoms. The number of hydrogen-bond acceptors (Lipinski definition) is 14. The Labute approximate surface area is 259 Å². The van der Waals surface area contributed by atoms with E-state index in [1.807, 2.05) is 46.1 Å². The molecule has 1 aliphatic heterocycles. The topological polar surface area (TPSA) is 143 Å². The number of hydrogen-bond donors (Lipinski definition) is 0. The van der Waals surface area contributed by atoms with Crippen molar-refractivity contribution in [3.63, 3.8) is 0 Å². The Morgan fingerprint density at radius 2 is 1.51 bits per heavy atom. The van der Waals surface area contributed by atoms with Gasteiger partial charge < -0.3 is 18.9 Å². The minimum absolute atomic E-state index is 0.178. The van der Waals surface area contributed by atoms with Gasteiger partial charge in [-0.1, -0.05) is 0 Å². The fraction of sp³-hybridized carbons (Fsp3) is 0.393. The van der Waals surface area contributed by atoms with Crippen LogP contribution in [0.5, 0.6) is 0 Å². The molecule has 4 aromatic rings. The number of carbonyl (C=O) groups excluding carboxylic acids is 3. The number of rotatable bonds is 6. The smallest absolute Gasteiger partial charge is 0.413 e. The lowest BCUT2D eigenvalue weighted by molar-refractivity contribution is -0.0626. The highest BCUT2D eigenvalue weighted by atomic mass is 32.1. The van der Waals surface area contributed by atoms with Crippen molar-refractivity contribution in [2.24, 2.45) is 0 Å². The third kappa shape index (κ3) is 6.30. The third-order valence-corrected chi connectivity index (χ3v) is 8.95. The lowest BCUT2D eigenvalue weighted by Gasteiger charge is -2.34. The molecule has 5 rings (SSSR count). The van der Waals surface area contributed by atoms with Crippen molar-refractivity contribution < 1.29 is 33.3 Å². The van der Waals surface area contributed by atoms with Gasteiger partial charge in [-0.05, 0) is 46.8 Å². The van der Waals surface area contributed by atoms with Crippen LogP contribution in [0.25, 0.3) is 32.7 Å². The number of carbonyl (C=O) groups is 3. The summed E-state index contributed by atoms with van der Waals surface area (Å²) in [7, 11) is 2.59. The molecule has 0 radical (unpaired) electrons. The quantitative estimate of drug-likeness (QED) is 0.178. The SMILES string of the molecule is COC(=O)c1csc(-c2ccc(-c3nc(C(=O)OC)cs3)c(-c3csc([C@@H]4COC(C)(C)N4C(=O)OC(C)(C)C)n3)n2)n1. The molecule has 12 nitrogen and oxygen atoms in total. The molecule has 1 saturated heterocycles. The zero-order valence-electron chi connectivity index (χ0n) is 24.5. The molecular formula is C28H29N5O7S3. The molecule has 1 atom stereocenters. The molecule has 0 bridgehead atoms. The van der Waals surface area contributed by atoms with Crippen LogP contribution < -0.4 is 0 Å². The summed E-state index contributed by atoms with van der Waals surface area (Å²) in [6.45, 7) is 9.30. The van der Waals surface area contributed by atoms with Crippen LogP contribution in [0.2, 0.25) is 0 Å². The summed E-state index contributed by atoms with van der Waals surface area (Å²) < 4.78 is 21.3. The molecule has 0 saturated carbocycles. The van der Waals surface area contributed by atoms with E-state index < -0.39 is 35.4 Å². The third-order valence-electron chi connectivity index (χ3n) is 6.27. The van der Waals surface area contributed by atoms with Gasteiger partial charge in [0.25, 0.3) is 0 Å². The summed E-state index contributed by atoms with van der Waals surface area (Å²) >= 11 is 3.89. The molecule has 0 spiro atoms. The van der Waals surface area contributed by atoms with E-state index in [2.05, 4.69) is 9.97 Å². The van der Waals surface area contributed by atoms with E-state index in [1.54, 1.807) is 21.7 Å². The number of amides is 1. The van der Waals surface area contributed by atoms with Gasteiger partial charge in [0.15, 0.2) is 11.4 Å². The molecule has 1 aliphatic rings. The van der Waals surface area contributed by atoms with E-state index >= 15 is 0 Å². The highest BCUT2D eigenvalue weighted by Gasteiger charge is 2.47. The summed E-state index contributed by atoms with van der Waals surface area (Å²) in [4.78, 5) is 57.5. The Kier molecular flexibility index (Phi) is 8.35. The van der Waals surface area contributed by atoms with Crippen LogP contribution in [0.15, 0.2) is 28.3 Å². The Morgan fingerprint density at radius 1 is 0.884 bits per heavy atom. The van der Waals surface area contributed by atoms with E-state index in [9.17, 15) is 14.4 Å². The van der Waals surface area contributed by atoms with Gasteiger partial charge in [-0.15, -0.1) is 34.0 Å². The highest BCUT2D eigenvalue weighted by molar-refractivity contribution is 7.13. The summed E-state index contributed by atoms with van der Waals surface area (Å²) in [5.74, 6) is -1.09. The van der Waals surface area contributed by atoms with Gasteiger partial charge >= 0.3 is 18.0 Å². The van der Waals surface area contributed by atoms with Gasteiger partial charge in [0.05, 0.1) is 26.5 Å². The molecule has 1 amide bonds. The average Bonchev–Trinajstić information content (AvgIpc) is 3.76. The first-order valence-corrected chi connectivity index (χ1v) is 15.7. The van der Waals surface area contributed by atoms with Crippen molar-refractivity contribution in [1.29, 1.82) is 0 Å². The Morgan fingerprint density at radius 3 is 2.14 bits per heavy atom. The van der Waals surface area contributed by atoms with Crippen molar-refractivity contribution in [1.82, 2.24) is 24.8 Å². The van der Waals surface area contributed by atoms with Gasteiger partial charge in [0, 0.05) is 21.7 Å². The monoisotopic (exact) mass is 643 g/mol. The molecule has 0 aromatic carbocycles. The first kappa shape index (κ1) is 30.7. The lowest BCUT2D eigenvalue weighted by atomic mass is 10.1. The summed E-state index contributed by atoms with van der Waals surface area (Å²) in [5.41, 5.74) is 0.935. The first-order chi connectivity index (χ1) is 20.3. The molecule has 43 heavy (non-hydrogen) atoms. The van der Waals surface area contributed by atoms with Crippen LogP contribution in [-0.2, 0) is 18.9 Å². The molecule has 5 heterocycles. The Balaban J connectivity index is 1.57. The maximum Gasteiger partial charge on any atom is 0.413 e. The fourth-order valence-corrected chi connectivity index (χ4v) is 6.77. The minimum atomic E-state index is -0.907. The molecule has 1 fully saturated rings. The molecular weight excluding hydrogens is 615 g/mol. The van der Waals surface area contributed by atoms with E-state index in [4.69, 9.17) is 28.9 Å². The van der Waals surface area contributed by atoms with Gasteiger partial charge in [0.2, 0.25) is 0 Å². The van der Waals surface area contributed by atoms with E-state index in [0.717, 1.165) is 0 Å². The molecule has 4 aromatic heterocycles. The molecule has 0 unspecified atom stereocenters. The summed E-state index contributed by atoms with van der Waals surface area (Å²) in [5, 5.41) is 6.76. The van der Waals surface area contributed by atoms with E-state index in [1.165, 1.54) is 48.2 Å². The predicted octanol–water partition coefficient (Wildman–Crippen LogP) is 6.07. The van der Waals surface area contributed by atoms with Crippen LogP contribution >= 0.6 is 34.0 Å². The normalized spacial score (nSPS) is 16.3. The second-order valence-corrected chi connectivity index (χ2v) is 13.5. The van der Waals surface area contributed by atoms with Crippen LogP contribution in [0.1, 0.15) is 66.6 Å². The maximum atomic E-state index is 13.2. The van der Waals surface area contributed by atoms with E-state index in [-0.39, 0.29) is 18.0 Å². The van der Waals surface area contributed by atoms with Crippen LogP contribution in [0.4, 0.5) is 4.79 Å². The second-order valence-electron chi connectivity index (χ2n) is 10.8. The molecule has 0 N–H and O–H groups in total. The summed E-state index contributed by atoms with van der Waals surface area (Å²) in [6.07, 6.45) is -0.499. The van der Waals surface area contributed by atoms with Crippen molar-refractivity contribution in [3.8, 4) is 32.7 Å². The lowest BCUT2D eigenvalue weighted by Crippen LogP contribution is -2.47. The molecule has 226 valence electrons. The van der Waals surface area contributed by atoms with Crippen molar-refractivity contribution in [3.05, 3.63) is 44.7 Å². The number of aromatic nitrogens is 4. The zero-order chi connectivity index (χ0) is 31.1. The van der Waals surface area contributed by atoms with Gasteiger partial charge in [-0.3, -0.25) is 4.90 Å². The minimum Gasteiger partial charge on any atom is -0.464 e. The number of nitrogens with zero attached hydrogens (tertiary/aromatic N) is 5. The van der Waals surface area contributed by atoms with Crippen molar-refractivity contribution in [2.75, 3.05) is 20.8 Å². The molecule has 0 aliphatic carbocycles. The summed E-state index contributed by atoms with van der Waals surface area (Å²) in [6, 6.07) is 3.11. The number of ether oxygens (including phenoxy) is 4. The predicted molar refractivity (Wildman–Crippen MR) is 161 cm³/mol. The maximum absolute atomic E-state index is 13.2. The number of methoxy groups -OCH3 is 2. The van der Waals surface area contributed by atoms with Crippen LogP contribution in [-0.4, -0.2) is 75.0 Å². The standard InChI is InChI=1S/C28H29N5O7S3/c1-27(2,3)40-26(36)33-19(10-39-28(33,4)5)23-30-16(11-43-23)20-14(21-31-17(12-41-21)24(34)37-6)8-9-15(29-20)22-32-18(13-42-22)25(35)38-7/h8-9,11-13,19H,10H2,1-7H3/t19-/m0/s1. The Hall–Kier alpha value is -3.79. The second kappa shape index (κ2) is 11.7. The van der Waals surface area contributed by atoms with Crippen molar-refractivity contribution >= 4 is 52.0 Å². The fourth-order valence-electron chi connectivity index (χ4n) is 4.32.